The van der Waals surface area contributed by atoms with Crippen molar-refractivity contribution in [1.82, 2.24) is 5.32 Å². The SMILES string of the molecule is COc1ccc(N2CC(C(=O)NC3(C)CCC(C)CC3)CC2=O)c(OC)c1. The molecule has 1 aromatic rings. The summed E-state index contributed by atoms with van der Waals surface area (Å²) in [5.41, 5.74) is 0.522. The van der Waals surface area contributed by atoms with Gasteiger partial charge in [-0.3, -0.25) is 9.59 Å². The van der Waals surface area contributed by atoms with Crippen molar-refractivity contribution in [2.24, 2.45) is 11.8 Å². The Morgan fingerprint density at radius 3 is 2.56 bits per heavy atom. The van der Waals surface area contributed by atoms with Gasteiger partial charge in [0.05, 0.1) is 25.8 Å². The molecule has 0 bridgehead atoms. The summed E-state index contributed by atoms with van der Waals surface area (Å²) in [7, 11) is 3.15. The minimum atomic E-state index is -0.333. The monoisotopic (exact) mass is 374 g/mol. The molecule has 148 valence electrons. The van der Waals surface area contributed by atoms with Crippen molar-refractivity contribution in [3.05, 3.63) is 18.2 Å². The number of amides is 2. The number of nitrogens with one attached hydrogen (secondary N) is 1. The maximum Gasteiger partial charge on any atom is 0.227 e. The Morgan fingerprint density at radius 1 is 1.22 bits per heavy atom. The van der Waals surface area contributed by atoms with Crippen LogP contribution in [-0.2, 0) is 9.59 Å². The molecule has 2 aliphatic rings. The van der Waals surface area contributed by atoms with Crippen molar-refractivity contribution >= 4 is 17.5 Å². The van der Waals surface area contributed by atoms with Crippen molar-refractivity contribution in [3.8, 4) is 11.5 Å². The van der Waals surface area contributed by atoms with Gasteiger partial charge in [0.1, 0.15) is 11.5 Å². The lowest BCUT2D eigenvalue weighted by Gasteiger charge is -2.37. The van der Waals surface area contributed by atoms with E-state index in [9.17, 15) is 9.59 Å². The zero-order chi connectivity index (χ0) is 19.6. The van der Waals surface area contributed by atoms with Crippen molar-refractivity contribution in [3.63, 3.8) is 0 Å². The highest BCUT2D eigenvalue weighted by Gasteiger charge is 2.39. The van der Waals surface area contributed by atoms with Gasteiger partial charge in [0, 0.05) is 24.6 Å². The van der Waals surface area contributed by atoms with E-state index in [1.165, 1.54) is 0 Å². The lowest BCUT2D eigenvalue weighted by atomic mass is 9.78. The van der Waals surface area contributed by atoms with E-state index in [-0.39, 0.29) is 29.7 Å². The third kappa shape index (κ3) is 4.20. The van der Waals surface area contributed by atoms with Gasteiger partial charge in [-0.2, -0.15) is 0 Å². The largest absolute Gasteiger partial charge is 0.497 e. The summed E-state index contributed by atoms with van der Waals surface area (Å²) in [5, 5.41) is 3.23. The van der Waals surface area contributed by atoms with Crippen molar-refractivity contribution in [2.45, 2.75) is 51.5 Å². The van der Waals surface area contributed by atoms with E-state index in [1.807, 2.05) is 0 Å². The van der Waals surface area contributed by atoms with Crippen LogP contribution in [-0.4, -0.2) is 38.1 Å². The molecule has 0 aromatic heterocycles. The smallest absolute Gasteiger partial charge is 0.227 e. The molecular formula is C21H30N2O4. The highest BCUT2D eigenvalue weighted by atomic mass is 16.5. The Bertz CT molecular complexity index is 710. The van der Waals surface area contributed by atoms with Crippen molar-refractivity contribution < 1.29 is 19.1 Å². The van der Waals surface area contributed by atoms with Crippen LogP contribution in [0.1, 0.15) is 46.0 Å². The van der Waals surface area contributed by atoms with Crippen LogP contribution in [0.3, 0.4) is 0 Å². The molecule has 6 heteroatoms. The molecule has 1 atom stereocenters. The fourth-order valence-electron chi connectivity index (χ4n) is 4.05. The third-order valence-electron chi connectivity index (χ3n) is 5.98. The summed E-state index contributed by atoms with van der Waals surface area (Å²) in [6.45, 7) is 4.76. The number of benzene rings is 1. The van der Waals surface area contributed by atoms with Crippen LogP contribution >= 0.6 is 0 Å². The molecular weight excluding hydrogens is 344 g/mol. The number of methoxy groups -OCH3 is 2. The minimum Gasteiger partial charge on any atom is -0.497 e. The molecule has 1 N–H and O–H groups in total. The number of ether oxygens (including phenoxy) is 2. The van der Waals surface area contributed by atoms with E-state index in [0.29, 0.717) is 23.7 Å². The lowest BCUT2D eigenvalue weighted by molar-refractivity contribution is -0.128. The molecule has 2 amide bonds. The van der Waals surface area contributed by atoms with Crippen molar-refractivity contribution in [1.29, 1.82) is 0 Å². The minimum absolute atomic E-state index is 0.0182. The fraction of sp³-hybridized carbons (Fsp3) is 0.619. The van der Waals surface area contributed by atoms with Crippen LogP contribution in [0.4, 0.5) is 5.69 Å². The van der Waals surface area contributed by atoms with E-state index in [4.69, 9.17) is 9.47 Å². The Morgan fingerprint density at radius 2 is 1.93 bits per heavy atom. The average Bonchev–Trinajstić information content (AvgIpc) is 3.05. The van der Waals surface area contributed by atoms with Gasteiger partial charge in [0.2, 0.25) is 11.8 Å². The van der Waals surface area contributed by atoms with Crippen LogP contribution in [0, 0.1) is 11.8 Å². The molecule has 0 spiro atoms. The van der Waals surface area contributed by atoms with Gasteiger partial charge in [-0.25, -0.2) is 0 Å². The zero-order valence-corrected chi connectivity index (χ0v) is 16.7. The molecule has 1 heterocycles. The summed E-state index contributed by atoms with van der Waals surface area (Å²) >= 11 is 0. The average molecular weight is 374 g/mol. The van der Waals surface area contributed by atoms with Gasteiger partial charge < -0.3 is 19.7 Å². The number of nitrogens with zero attached hydrogens (tertiary/aromatic N) is 1. The first-order valence-electron chi connectivity index (χ1n) is 9.69. The maximum atomic E-state index is 12.8. The first-order valence-corrected chi connectivity index (χ1v) is 9.69. The molecule has 0 radical (unpaired) electrons. The third-order valence-corrected chi connectivity index (χ3v) is 5.98. The van der Waals surface area contributed by atoms with E-state index in [0.717, 1.165) is 31.6 Å². The van der Waals surface area contributed by atoms with Gasteiger partial charge in [-0.1, -0.05) is 6.92 Å². The quantitative estimate of drug-likeness (QED) is 0.860. The predicted octanol–water partition coefficient (Wildman–Crippen LogP) is 3.14. The summed E-state index contributed by atoms with van der Waals surface area (Å²) in [6, 6.07) is 5.35. The van der Waals surface area contributed by atoms with Gasteiger partial charge >= 0.3 is 0 Å². The molecule has 1 saturated heterocycles. The fourth-order valence-corrected chi connectivity index (χ4v) is 4.05. The zero-order valence-electron chi connectivity index (χ0n) is 16.7. The summed E-state index contributed by atoms with van der Waals surface area (Å²) in [4.78, 5) is 27.1. The summed E-state index contributed by atoms with van der Waals surface area (Å²) in [6.07, 6.45) is 4.49. The summed E-state index contributed by atoms with van der Waals surface area (Å²) in [5.74, 6) is 1.55. The summed E-state index contributed by atoms with van der Waals surface area (Å²) < 4.78 is 10.6. The van der Waals surface area contributed by atoms with E-state index in [1.54, 1.807) is 37.3 Å². The number of carbonyl (C=O) groups is 2. The van der Waals surface area contributed by atoms with Crippen LogP contribution in [0.25, 0.3) is 0 Å². The molecule has 1 aliphatic carbocycles. The number of hydrogen-bond acceptors (Lipinski definition) is 4. The van der Waals surface area contributed by atoms with E-state index < -0.39 is 0 Å². The second kappa shape index (κ2) is 7.79. The second-order valence-corrected chi connectivity index (χ2v) is 8.18. The number of carbonyl (C=O) groups excluding carboxylic acids is 2. The Labute approximate surface area is 161 Å². The lowest BCUT2D eigenvalue weighted by Crippen LogP contribution is -2.50. The number of anilines is 1. The van der Waals surface area contributed by atoms with Gasteiger partial charge in [-0.05, 0) is 50.7 Å². The van der Waals surface area contributed by atoms with Crippen LogP contribution in [0.5, 0.6) is 11.5 Å². The normalized spacial score (nSPS) is 28.1. The van der Waals surface area contributed by atoms with Crippen LogP contribution < -0.4 is 19.7 Å². The maximum absolute atomic E-state index is 12.8. The molecule has 1 saturated carbocycles. The number of hydrogen-bond donors (Lipinski definition) is 1. The van der Waals surface area contributed by atoms with E-state index in [2.05, 4.69) is 19.2 Å². The first-order chi connectivity index (χ1) is 12.8. The topological polar surface area (TPSA) is 67.9 Å². The Hall–Kier alpha value is -2.24. The molecule has 1 aliphatic heterocycles. The molecule has 2 fully saturated rings. The molecule has 3 rings (SSSR count). The molecule has 1 unspecified atom stereocenters. The Balaban J connectivity index is 1.69. The predicted molar refractivity (Wildman–Crippen MR) is 104 cm³/mol. The van der Waals surface area contributed by atoms with Gasteiger partial charge in [-0.15, -0.1) is 0 Å². The standard InChI is InChI=1S/C21H30N2O4/c1-14-7-9-21(2,10-8-14)22-20(25)15-11-19(24)23(13-15)17-6-5-16(26-3)12-18(17)27-4/h5-6,12,14-15H,7-11,13H2,1-4H3,(H,22,25). The van der Waals surface area contributed by atoms with Crippen LogP contribution in [0.2, 0.25) is 0 Å². The first kappa shape index (κ1) is 19.5. The van der Waals surface area contributed by atoms with Crippen molar-refractivity contribution in [2.75, 3.05) is 25.7 Å². The molecule has 27 heavy (non-hydrogen) atoms. The van der Waals surface area contributed by atoms with Gasteiger partial charge in [0.15, 0.2) is 0 Å². The van der Waals surface area contributed by atoms with Crippen LogP contribution in [0.15, 0.2) is 18.2 Å². The molecule has 1 aromatic carbocycles. The highest BCUT2D eigenvalue weighted by Crippen LogP contribution is 2.36. The van der Waals surface area contributed by atoms with Gasteiger partial charge in [0.25, 0.3) is 0 Å². The number of rotatable bonds is 5. The Kier molecular flexibility index (Phi) is 5.63. The second-order valence-electron chi connectivity index (χ2n) is 8.18. The van der Waals surface area contributed by atoms with E-state index >= 15 is 0 Å². The molecule has 6 nitrogen and oxygen atoms in total. The highest BCUT2D eigenvalue weighted by molar-refractivity contribution is 6.01.